The van der Waals surface area contributed by atoms with Crippen LogP contribution in [0, 0.1) is 0 Å². The number of piperazine rings is 1. The molecule has 0 radical (unpaired) electrons. The molecule has 0 bridgehead atoms. The second kappa shape index (κ2) is 2.53. The molecule has 1 aliphatic rings. The molecule has 0 aromatic heterocycles. The van der Waals surface area contributed by atoms with Gasteiger partial charge in [-0.15, -0.1) is 0 Å². The molecular formula is C4H7F3N2. The van der Waals surface area contributed by atoms with Gasteiger partial charge in [-0.2, -0.15) is 0 Å². The van der Waals surface area contributed by atoms with E-state index in [4.69, 9.17) is 0 Å². The maximum absolute atomic E-state index is 12.0. The number of nitrogens with one attached hydrogen (secondary N) is 2. The first kappa shape index (κ1) is 6.82. The van der Waals surface area contributed by atoms with Crippen LogP contribution >= 0.6 is 0 Å². The lowest BCUT2D eigenvalue weighted by molar-refractivity contribution is 0.0294. The smallest absolute Gasteiger partial charge is 0.198 e. The Morgan fingerprint density at radius 3 is 2.22 bits per heavy atom. The third-order valence-electron chi connectivity index (χ3n) is 1.09. The van der Waals surface area contributed by atoms with Gasteiger partial charge in [0.2, 0.25) is 0 Å². The van der Waals surface area contributed by atoms with Crippen molar-refractivity contribution in [2.75, 3.05) is 6.54 Å². The molecule has 0 aromatic carbocycles. The highest BCUT2D eigenvalue weighted by molar-refractivity contribution is 4.74. The maximum Gasteiger partial charge on any atom is 0.198 e. The van der Waals surface area contributed by atoms with Crippen LogP contribution in [0.4, 0.5) is 13.2 Å². The third-order valence-corrected chi connectivity index (χ3v) is 1.09. The average Bonchev–Trinajstić information content (AvgIpc) is 1.80. The van der Waals surface area contributed by atoms with Gasteiger partial charge in [-0.05, 0) is 0 Å². The zero-order chi connectivity index (χ0) is 6.85. The van der Waals surface area contributed by atoms with Crippen LogP contribution in [0.1, 0.15) is 0 Å². The number of halogens is 3. The summed E-state index contributed by atoms with van der Waals surface area (Å²) >= 11 is 0. The van der Waals surface area contributed by atoms with E-state index >= 15 is 0 Å². The van der Waals surface area contributed by atoms with Gasteiger partial charge in [0, 0.05) is 6.54 Å². The lowest BCUT2D eigenvalue weighted by atomic mass is 10.4. The van der Waals surface area contributed by atoms with Crippen molar-refractivity contribution in [2.45, 2.75) is 18.9 Å². The van der Waals surface area contributed by atoms with E-state index in [1.54, 1.807) is 5.32 Å². The summed E-state index contributed by atoms with van der Waals surface area (Å²) in [5.41, 5.74) is 0. The molecule has 9 heavy (non-hydrogen) atoms. The number of alkyl halides is 3. The molecule has 0 saturated carbocycles. The molecule has 3 atom stereocenters. The summed E-state index contributed by atoms with van der Waals surface area (Å²) in [6.07, 6.45) is -5.18. The van der Waals surface area contributed by atoms with Gasteiger partial charge >= 0.3 is 0 Å². The number of rotatable bonds is 0. The second-order valence-electron chi connectivity index (χ2n) is 1.85. The monoisotopic (exact) mass is 140 g/mol. The Labute approximate surface area is 50.4 Å². The lowest BCUT2D eigenvalue weighted by Crippen LogP contribution is -2.55. The van der Waals surface area contributed by atoms with Crippen LogP contribution in [0.2, 0.25) is 0 Å². The Morgan fingerprint density at radius 1 is 1.11 bits per heavy atom. The number of hydrogen-bond donors (Lipinski definition) is 2. The maximum atomic E-state index is 12.0. The van der Waals surface area contributed by atoms with Crippen LogP contribution in [-0.4, -0.2) is 25.4 Å². The normalized spacial score (nSPS) is 45.0. The average molecular weight is 140 g/mol. The predicted octanol–water partition coefficient (Wildman–Crippen LogP) is 0.0660. The summed E-state index contributed by atoms with van der Waals surface area (Å²) in [7, 11) is 0. The van der Waals surface area contributed by atoms with Crippen molar-refractivity contribution < 1.29 is 13.2 Å². The highest BCUT2D eigenvalue weighted by Crippen LogP contribution is 2.04. The molecule has 5 heteroatoms. The van der Waals surface area contributed by atoms with E-state index in [0.717, 1.165) is 0 Å². The molecule has 0 spiro atoms. The highest BCUT2D eigenvalue weighted by Gasteiger charge is 2.28. The van der Waals surface area contributed by atoms with E-state index in [2.05, 4.69) is 0 Å². The van der Waals surface area contributed by atoms with Crippen molar-refractivity contribution in [3.8, 4) is 0 Å². The predicted molar refractivity (Wildman–Crippen MR) is 25.8 cm³/mol. The summed E-state index contributed by atoms with van der Waals surface area (Å²) in [5, 5.41) is 3.76. The zero-order valence-corrected chi connectivity index (χ0v) is 4.57. The molecule has 0 aromatic rings. The van der Waals surface area contributed by atoms with Crippen molar-refractivity contribution in [2.24, 2.45) is 0 Å². The molecule has 1 rings (SSSR count). The summed E-state index contributed by atoms with van der Waals surface area (Å²) in [6.45, 7) is -0.179. The summed E-state index contributed by atoms with van der Waals surface area (Å²) in [6, 6.07) is 0. The van der Waals surface area contributed by atoms with Gasteiger partial charge in [0.25, 0.3) is 0 Å². The zero-order valence-electron chi connectivity index (χ0n) is 4.57. The topological polar surface area (TPSA) is 24.1 Å². The summed E-state index contributed by atoms with van der Waals surface area (Å²) in [4.78, 5) is 0. The first-order chi connectivity index (χ1) is 4.20. The standard InChI is InChI=1S/C4H7F3N2/c5-2-1-8-3(6)4(7)9-2/h2-4,8-9H,1H2. The summed E-state index contributed by atoms with van der Waals surface area (Å²) < 4.78 is 36.1. The first-order valence-electron chi connectivity index (χ1n) is 2.62. The van der Waals surface area contributed by atoms with Gasteiger partial charge in [0.05, 0.1) is 0 Å². The third kappa shape index (κ3) is 1.56. The molecule has 1 heterocycles. The Hall–Kier alpha value is -0.290. The van der Waals surface area contributed by atoms with Crippen molar-refractivity contribution in [3.63, 3.8) is 0 Å². The minimum absolute atomic E-state index is 0.179. The van der Waals surface area contributed by atoms with E-state index < -0.39 is 18.9 Å². The van der Waals surface area contributed by atoms with Crippen molar-refractivity contribution in [1.29, 1.82) is 0 Å². The molecule has 1 saturated heterocycles. The van der Waals surface area contributed by atoms with Gasteiger partial charge in [0.1, 0.15) is 0 Å². The lowest BCUT2D eigenvalue weighted by Gasteiger charge is -2.24. The SMILES string of the molecule is FC1CNC(F)C(F)N1. The fourth-order valence-electron chi connectivity index (χ4n) is 0.636. The fourth-order valence-corrected chi connectivity index (χ4v) is 0.636. The minimum Gasteiger partial charge on any atom is -0.280 e. The Balaban J connectivity index is 2.35. The molecule has 1 fully saturated rings. The van der Waals surface area contributed by atoms with Crippen LogP contribution in [-0.2, 0) is 0 Å². The van der Waals surface area contributed by atoms with Crippen LogP contribution in [0.15, 0.2) is 0 Å². The van der Waals surface area contributed by atoms with Gasteiger partial charge in [-0.1, -0.05) is 0 Å². The van der Waals surface area contributed by atoms with E-state index in [9.17, 15) is 13.2 Å². The first-order valence-corrected chi connectivity index (χ1v) is 2.62. The Kier molecular flexibility index (Phi) is 1.92. The molecule has 54 valence electrons. The van der Waals surface area contributed by atoms with Crippen LogP contribution < -0.4 is 10.6 Å². The van der Waals surface area contributed by atoms with E-state index in [1.165, 1.54) is 0 Å². The van der Waals surface area contributed by atoms with Crippen molar-refractivity contribution in [1.82, 2.24) is 10.6 Å². The molecule has 1 aliphatic heterocycles. The van der Waals surface area contributed by atoms with E-state index in [1.807, 2.05) is 5.32 Å². The Morgan fingerprint density at radius 2 is 1.78 bits per heavy atom. The molecular weight excluding hydrogens is 133 g/mol. The van der Waals surface area contributed by atoms with Crippen LogP contribution in [0.5, 0.6) is 0 Å². The molecule has 3 unspecified atom stereocenters. The van der Waals surface area contributed by atoms with Gasteiger partial charge in [0.15, 0.2) is 18.9 Å². The quantitative estimate of drug-likeness (QED) is 0.465. The largest absolute Gasteiger partial charge is 0.280 e. The van der Waals surface area contributed by atoms with Crippen LogP contribution in [0.3, 0.4) is 0 Å². The van der Waals surface area contributed by atoms with E-state index in [-0.39, 0.29) is 6.54 Å². The summed E-state index contributed by atoms with van der Waals surface area (Å²) in [5.74, 6) is 0. The number of hydrogen-bond acceptors (Lipinski definition) is 2. The molecule has 0 amide bonds. The highest BCUT2D eigenvalue weighted by atomic mass is 19.2. The van der Waals surface area contributed by atoms with Crippen LogP contribution in [0.25, 0.3) is 0 Å². The molecule has 2 N–H and O–H groups in total. The van der Waals surface area contributed by atoms with Crippen molar-refractivity contribution in [3.05, 3.63) is 0 Å². The van der Waals surface area contributed by atoms with Gasteiger partial charge in [-0.3, -0.25) is 10.6 Å². The van der Waals surface area contributed by atoms with Gasteiger partial charge in [-0.25, -0.2) is 13.2 Å². The van der Waals surface area contributed by atoms with Crippen molar-refractivity contribution >= 4 is 0 Å². The van der Waals surface area contributed by atoms with E-state index in [0.29, 0.717) is 0 Å². The molecule has 2 nitrogen and oxygen atoms in total. The Bertz CT molecular complexity index is 99.8. The molecule has 0 aliphatic carbocycles. The second-order valence-corrected chi connectivity index (χ2v) is 1.85. The minimum atomic E-state index is -1.92. The fraction of sp³-hybridized carbons (Fsp3) is 1.00. The van der Waals surface area contributed by atoms with Gasteiger partial charge < -0.3 is 0 Å².